The first kappa shape index (κ1) is 30.0. The number of aromatic nitrogens is 1. The molecule has 0 fully saturated rings. The smallest absolute Gasteiger partial charge is 0.331 e. The third-order valence-electron chi connectivity index (χ3n) is 4.73. The Hall–Kier alpha value is -4.51. The molecule has 40 heavy (non-hydrogen) atoms. The van der Waals surface area contributed by atoms with Gasteiger partial charge in [-0.25, -0.2) is 4.98 Å². The van der Waals surface area contributed by atoms with Gasteiger partial charge in [0.05, 0.1) is 11.1 Å². The van der Waals surface area contributed by atoms with Crippen LogP contribution in [0.15, 0.2) is 66.7 Å². The van der Waals surface area contributed by atoms with Gasteiger partial charge in [0.25, 0.3) is 11.8 Å². The van der Waals surface area contributed by atoms with Crippen LogP contribution in [0.25, 0.3) is 0 Å². The van der Waals surface area contributed by atoms with Gasteiger partial charge >= 0.3 is 12.4 Å². The zero-order valence-corrected chi connectivity index (χ0v) is 21.3. The van der Waals surface area contributed by atoms with Gasteiger partial charge in [0.2, 0.25) is 0 Å². The number of carbonyl (C=O) groups excluding carboxylic acids is 2. The van der Waals surface area contributed by atoms with E-state index in [-0.39, 0.29) is 33.0 Å². The van der Waals surface area contributed by atoms with Crippen LogP contribution in [0.3, 0.4) is 0 Å². The van der Waals surface area contributed by atoms with Gasteiger partial charge in [-0.15, -0.1) is 0 Å². The highest BCUT2D eigenvalue weighted by molar-refractivity contribution is 7.80. The summed E-state index contributed by atoms with van der Waals surface area (Å²) < 4.78 is 75.9. The molecule has 0 atom stereocenters. The topological polar surface area (TPSA) is 119 Å². The lowest BCUT2D eigenvalue weighted by molar-refractivity contribution is -0.138. The van der Waals surface area contributed by atoms with E-state index >= 15 is 0 Å². The second-order valence-electron chi connectivity index (χ2n) is 7.62. The maximum absolute atomic E-state index is 12.7. The molecular formula is C23H17F6N7O2S2. The first-order valence-corrected chi connectivity index (χ1v) is 11.6. The number of anilines is 2. The van der Waals surface area contributed by atoms with Crippen molar-refractivity contribution in [3.05, 3.63) is 89.2 Å². The molecule has 2 aromatic carbocycles. The fourth-order valence-electron chi connectivity index (χ4n) is 2.85. The molecule has 0 bridgehead atoms. The van der Waals surface area contributed by atoms with Gasteiger partial charge < -0.3 is 10.6 Å². The van der Waals surface area contributed by atoms with Crippen LogP contribution < -0.4 is 32.3 Å². The minimum Gasteiger partial charge on any atom is -0.331 e. The predicted octanol–water partition coefficient (Wildman–Crippen LogP) is 4.38. The van der Waals surface area contributed by atoms with E-state index in [1.165, 1.54) is 18.2 Å². The Kier molecular flexibility index (Phi) is 9.43. The van der Waals surface area contributed by atoms with E-state index in [2.05, 4.69) is 37.3 Å². The lowest BCUT2D eigenvalue weighted by Gasteiger charge is -2.13. The molecule has 9 nitrogen and oxygen atoms in total. The molecule has 6 N–H and O–H groups in total. The minimum absolute atomic E-state index is 0.139. The van der Waals surface area contributed by atoms with Crippen LogP contribution in [0.4, 0.5) is 37.7 Å². The highest BCUT2D eigenvalue weighted by Gasteiger charge is 2.30. The largest absolute Gasteiger partial charge is 0.416 e. The van der Waals surface area contributed by atoms with Crippen LogP contribution >= 0.6 is 24.4 Å². The van der Waals surface area contributed by atoms with E-state index < -0.39 is 35.3 Å². The molecule has 0 aliphatic carbocycles. The standard InChI is InChI=1S/C23H17F6N7O2S2/c24-22(25,26)12-4-8-14(9-5-12)30-20(39)35-33-18(37)16-2-1-3-17(32-16)19(38)34-36-21(40)31-15-10-6-13(7-11-15)23(27,28)29/h1-11H,(H,33,37)(H,34,38)(H2,30,35,39)(H2,31,36,40). The summed E-state index contributed by atoms with van der Waals surface area (Å²) in [5.74, 6) is -1.59. The summed E-state index contributed by atoms with van der Waals surface area (Å²) in [5, 5.41) is 4.90. The van der Waals surface area contributed by atoms with Gasteiger partial charge in [-0.05, 0) is 85.1 Å². The van der Waals surface area contributed by atoms with Crippen LogP contribution in [0.5, 0.6) is 0 Å². The van der Waals surface area contributed by atoms with Crippen molar-refractivity contribution in [3.8, 4) is 0 Å². The summed E-state index contributed by atoms with van der Waals surface area (Å²) in [6, 6.07) is 12.0. The predicted molar refractivity (Wildman–Crippen MR) is 141 cm³/mol. The molecule has 1 heterocycles. The van der Waals surface area contributed by atoms with Crippen LogP contribution in [0.2, 0.25) is 0 Å². The molecule has 0 aliphatic heterocycles. The molecule has 0 spiro atoms. The molecular weight excluding hydrogens is 584 g/mol. The third kappa shape index (κ3) is 8.77. The zero-order valence-electron chi connectivity index (χ0n) is 19.7. The summed E-state index contributed by atoms with van der Waals surface area (Å²) in [4.78, 5) is 28.7. The van der Waals surface area contributed by atoms with Crippen LogP contribution in [-0.2, 0) is 12.4 Å². The number of hydrogen-bond donors (Lipinski definition) is 6. The van der Waals surface area contributed by atoms with Crippen molar-refractivity contribution < 1.29 is 35.9 Å². The Labute approximate surface area is 232 Å². The number of thiocarbonyl (C=S) groups is 2. The molecule has 0 unspecified atom stereocenters. The number of benzene rings is 2. The maximum atomic E-state index is 12.7. The molecule has 0 saturated heterocycles. The Bertz CT molecular complexity index is 1300. The average molecular weight is 602 g/mol. The molecule has 0 aliphatic rings. The van der Waals surface area contributed by atoms with Crippen molar-refractivity contribution >= 4 is 57.8 Å². The van der Waals surface area contributed by atoms with Gasteiger partial charge in [-0.1, -0.05) is 6.07 Å². The SMILES string of the molecule is O=C(NNC(=S)Nc1ccc(C(F)(F)F)cc1)c1cccc(C(=O)NNC(=S)Nc2ccc(C(F)(F)F)cc2)n1. The number of halogens is 6. The fraction of sp³-hybridized carbons (Fsp3) is 0.0870. The lowest BCUT2D eigenvalue weighted by atomic mass is 10.2. The molecule has 210 valence electrons. The van der Waals surface area contributed by atoms with E-state index in [9.17, 15) is 35.9 Å². The molecule has 17 heteroatoms. The number of hydrogen-bond acceptors (Lipinski definition) is 5. The van der Waals surface area contributed by atoms with Gasteiger partial charge in [0.1, 0.15) is 11.4 Å². The summed E-state index contributed by atoms with van der Waals surface area (Å²) in [6.07, 6.45) is -8.98. The normalized spacial score (nSPS) is 11.2. The Morgan fingerprint density at radius 1 is 0.575 bits per heavy atom. The first-order valence-electron chi connectivity index (χ1n) is 10.8. The van der Waals surface area contributed by atoms with Gasteiger partial charge in [-0.3, -0.25) is 31.3 Å². The number of rotatable bonds is 4. The molecule has 2 amide bonds. The highest BCUT2D eigenvalue weighted by atomic mass is 32.1. The van der Waals surface area contributed by atoms with Crippen molar-refractivity contribution in [2.75, 3.05) is 10.6 Å². The third-order valence-corrected chi connectivity index (χ3v) is 5.14. The van der Waals surface area contributed by atoms with Crippen molar-refractivity contribution in [2.24, 2.45) is 0 Å². The number of nitrogens with zero attached hydrogens (tertiary/aromatic N) is 1. The van der Waals surface area contributed by atoms with Gasteiger partial charge in [-0.2, -0.15) is 26.3 Å². The number of hydrazine groups is 2. The molecule has 1 aromatic heterocycles. The number of alkyl halides is 6. The Morgan fingerprint density at radius 3 is 1.25 bits per heavy atom. The molecule has 0 saturated carbocycles. The number of carbonyl (C=O) groups is 2. The highest BCUT2D eigenvalue weighted by Crippen LogP contribution is 2.30. The van der Waals surface area contributed by atoms with E-state index in [1.807, 2.05) is 0 Å². The molecule has 3 rings (SSSR count). The van der Waals surface area contributed by atoms with Crippen LogP contribution in [0.1, 0.15) is 32.1 Å². The summed E-state index contributed by atoms with van der Waals surface area (Å²) in [7, 11) is 0. The maximum Gasteiger partial charge on any atom is 0.416 e. The van der Waals surface area contributed by atoms with Crippen molar-refractivity contribution in [3.63, 3.8) is 0 Å². The Morgan fingerprint density at radius 2 is 0.925 bits per heavy atom. The van der Waals surface area contributed by atoms with Crippen molar-refractivity contribution in [2.45, 2.75) is 12.4 Å². The quantitative estimate of drug-likeness (QED) is 0.147. The number of amides is 2. The fourth-order valence-corrected chi connectivity index (χ4v) is 3.19. The second-order valence-corrected chi connectivity index (χ2v) is 8.44. The van der Waals surface area contributed by atoms with Crippen LogP contribution in [0, 0.1) is 0 Å². The van der Waals surface area contributed by atoms with Gasteiger partial charge in [0.15, 0.2) is 10.2 Å². The summed E-state index contributed by atoms with van der Waals surface area (Å²) in [6.45, 7) is 0. The number of nitrogens with one attached hydrogen (secondary N) is 6. The van der Waals surface area contributed by atoms with Crippen molar-refractivity contribution in [1.82, 2.24) is 26.7 Å². The average Bonchev–Trinajstić information content (AvgIpc) is 2.90. The van der Waals surface area contributed by atoms with Crippen molar-refractivity contribution in [1.29, 1.82) is 0 Å². The summed E-state index contributed by atoms with van der Waals surface area (Å²) >= 11 is 9.97. The Balaban J connectivity index is 1.48. The summed E-state index contributed by atoms with van der Waals surface area (Å²) in [5.41, 5.74) is 7.57. The van der Waals surface area contributed by atoms with E-state index in [1.54, 1.807) is 0 Å². The monoisotopic (exact) mass is 601 g/mol. The second kappa shape index (κ2) is 12.6. The van der Waals surface area contributed by atoms with E-state index in [4.69, 9.17) is 24.4 Å². The first-order chi connectivity index (χ1) is 18.7. The van der Waals surface area contributed by atoms with E-state index in [0.29, 0.717) is 0 Å². The minimum atomic E-state index is -4.49. The molecule has 3 aromatic rings. The van der Waals surface area contributed by atoms with E-state index in [0.717, 1.165) is 48.5 Å². The number of pyridine rings is 1. The lowest BCUT2D eigenvalue weighted by Crippen LogP contribution is -2.45. The molecule has 0 radical (unpaired) electrons. The zero-order chi connectivity index (χ0) is 29.5. The van der Waals surface area contributed by atoms with Crippen LogP contribution in [-0.4, -0.2) is 27.0 Å². The van der Waals surface area contributed by atoms with Gasteiger partial charge in [0, 0.05) is 11.4 Å².